The molecule has 0 spiro atoms. The fourth-order valence-corrected chi connectivity index (χ4v) is 1.22. The Labute approximate surface area is 86.8 Å². The van der Waals surface area contributed by atoms with Crippen molar-refractivity contribution in [2.24, 2.45) is 5.73 Å². The first-order chi connectivity index (χ1) is 7.13. The van der Waals surface area contributed by atoms with E-state index in [2.05, 4.69) is 16.0 Å². The van der Waals surface area contributed by atoms with Crippen LogP contribution < -0.4 is 21.7 Å². The molecule has 1 aliphatic rings. The molecule has 84 valence electrons. The summed E-state index contributed by atoms with van der Waals surface area (Å²) in [4.78, 5) is 33.1. The lowest BCUT2D eigenvalue weighted by Gasteiger charge is -2.09. The lowest BCUT2D eigenvalue weighted by Crippen LogP contribution is -2.46. The minimum atomic E-state index is -0.732. The van der Waals surface area contributed by atoms with E-state index in [1.54, 1.807) is 0 Å². The van der Waals surface area contributed by atoms with Crippen LogP contribution in [0.5, 0.6) is 0 Å². The topological polar surface area (TPSA) is 113 Å². The van der Waals surface area contributed by atoms with Gasteiger partial charge in [-0.2, -0.15) is 0 Å². The molecule has 1 rings (SSSR count). The van der Waals surface area contributed by atoms with Crippen LogP contribution in [0.25, 0.3) is 0 Å². The Morgan fingerprint density at radius 3 is 2.73 bits per heavy atom. The molecule has 1 heterocycles. The van der Waals surface area contributed by atoms with Gasteiger partial charge in [0.25, 0.3) is 0 Å². The highest BCUT2D eigenvalue weighted by molar-refractivity contribution is 6.35. The van der Waals surface area contributed by atoms with E-state index in [9.17, 15) is 14.4 Å². The standard InChI is InChI=1S/C8H14N4O3/c9-1-2-10-7(14)8(15)12-5-3-6(13)11-4-5/h5H,1-4,9H2,(H,10,14)(H,11,13)(H,12,15). The van der Waals surface area contributed by atoms with Gasteiger partial charge in [-0.3, -0.25) is 14.4 Å². The zero-order valence-electron chi connectivity index (χ0n) is 8.21. The van der Waals surface area contributed by atoms with Gasteiger partial charge in [0, 0.05) is 26.1 Å². The molecule has 0 aromatic carbocycles. The van der Waals surface area contributed by atoms with E-state index in [1.807, 2.05) is 0 Å². The lowest BCUT2D eigenvalue weighted by molar-refractivity contribution is -0.139. The highest BCUT2D eigenvalue weighted by Gasteiger charge is 2.25. The summed E-state index contributed by atoms with van der Waals surface area (Å²) >= 11 is 0. The molecule has 7 nitrogen and oxygen atoms in total. The Kier molecular flexibility index (Phi) is 4.04. The number of hydrogen-bond acceptors (Lipinski definition) is 4. The van der Waals surface area contributed by atoms with Crippen molar-refractivity contribution in [1.82, 2.24) is 16.0 Å². The van der Waals surface area contributed by atoms with Gasteiger partial charge in [-0.05, 0) is 0 Å². The van der Waals surface area contributed by atoms with E-state index in [1.165, 1.54) is 0 Å². The first-order valence-electron chi connectivity index (χ1n) is 4.69. The second kappa shape index (κ2) is 5.30. The van der Waals surface area contributed by atoms with Gasteiger partial charge in [0.1, 0.15) is 0 Å². The third-order valence-corrected chi connectivity index (χ3v) is 1.95. The molecule has 0 bridgehead atoms. The number of carbonyl (C=O) groups is 3. The van der Waals surface area contributed by atoms with Gasteiger partial charge in [0.05, 0.1) is 6.04 Å². The molecule has 1 unspecified atom stereocenters. The van der Waals surface area contributed by atoms with E-state index < -0.39 is 11.8 Å². The van der Waals surface area contributed by atoms with Crippen LogP contribution in [0.1, 0.15) is 6.42 Å². The number of nitrogens with one attached hydrogen (secondary N) is 3. The minimum absolute atomic E-state index is 0.123. The van der Waals surface area contributed by atoms with Crippen LogP contribution in [0.15, 0.2) is 0 Å². The number of carbonyl (C=O) groups excluding carboxylic acids is 3. The summed E-state index contributed by atoms with van der Waals surface area (Å²) in [6.45, 7) is 0.908. The second-order valence-corrected chi connectivity index (χ2v) is 3.22. The molecule has 0 aromatic rings. The van der Waals surface area contributed by atoms with Gasteiger partial charge in [-0.25, -0.2) is 0 Å². The molecule has 0 radical (unpaired) electrons. The van der Waals surface area contributed by atoms with Gasteiger partial charge in [0.15, 0.2) is 0 Å². The van der Waals surface area contributed by atoms with Crippen LogP contribution in [-0.4, -0.2) is 43.4 Å². The van der Waals surface area contributed by atoms with Crippen molar-refractivity contribution in [2.45, 2.75) is 12.5 Å². The van der Waals surface area contributed by atoms with Crippen molar-refractivity contribution in [3.8, 4) is 0 Å². The van der Waals surface area contributed by atoms with Crippen molar-refractivity contribution in [3.63, 3.8) is 0 Å². The third kappa shape index (κ3) is 3.55. The van der Waals surface area contributed by atoms with Crippen molar-refractivity contribution in [3.05, 3.63) is 0 Å². The summed E-state index contributed by atoms with van der Waals surface area (Å²) in [7, 11) is 0. The Bertz CT molecular complexity index is 279. The molecule has 15 heavy (non-hydrogen) atoms. The van der Waals surface area contributed by atoms with E-state index in [0.717, 1.165) is 0 Å². The number of hydrogen-bond donors (Lipinski definition) is 4. The highest BCUT2D eigenvalue weighted by atomic mass is 16.2. The molecule has 5 N–H and O–H groups in total. The summed E-state index contributed by atoms with van der Waals surface area (Å²) in [5.41, 5.74) is 5.16. The highest BCUT2D eigenvalue weighted by Crippen LogP contribution is 1.98. The summed E-state index contributed by atoms with van der Waals surface area (Å²) < 4.78 is 0. The van der Waals surface area contributed by atoms with Crippen LogP contribution in [0, 0.1) is 0 Å². The molecule has 0 aromatic heterocycles. The first-order valence-corrected chi connectivity index (χ1v) is 4.69. The molecule has 7 heteroatoms. The zero-order valence-corrected chi connectivity index (χ0v) is 8.21. The van der Waals surface area contributed by atoms with E-state index in [4.69, 9.17) is 5.73 Å². The van der Waals surface area contributed by atoms with Crippen LogP contribution >= 0.6 is 0 Å². The van der Waals surface area contributed by atoms with Gasteiger partial charge in [-0.1, -0.05) is 0 Å². The fraction of sp³-hybridized carbons (Fsp3) is 0.625. The van der Waals surface area contributed by atoms with Gasteiger partial charge >= 0.3 is 11.8 Å². The molecular weight excluding hydrogens is 200 g/mol. The molecular formula is C8H14N4O3. The van der Waals surface area contributed by atoms with Crippen molar-refractivity contribution in [1.29, 1.82) is 0 Å². The number of rotatable bonds is 3. The molecule has 3 amide bonds. The Balaban J connectivity index is 2.28. The van der Waals surface area contributed by atoms with Crippen LogP contribution in [-0.2, 0) is 14.4 Å². The molecule has 1 fully saturated rings. The van der Waals surface area contributed by atoms with E-state index in [0.29, 0.717) is 6.54 Å². The predicted molar refractivity (Wildman–Crippen MR) is 51.6 cm³/mol. The van der Waals surface area contributed by atoms with Crippen molar-refractivity contribution >= 4 is 17.7 Å². The van der Waals surface area contributed by atoms with Crippen molar-refractivity contribution < 1.29 is 14.4 Å². The smallest absolute Gasteiger partial charge is 0.309 e. The van der Waals surface area contributed by atoms with Crippen LogP contribution in [0.2, 0.25) is 0 Å². The monoisotopic (exact) mass is 214 g/mol. The Morgan fingerprint density at radius 1 is 1.47 bits per heavy atom. The summed E-state index contributed by atoms with van der Waals surface area (Å²) in [5.74, 6) is -1.58. The molecule has 0 aliphatic carbocycles. The van der Waals surface area contributed by atoms with Crippen molar-refractivity contribution in [2.75, 3.05) is 19.6 Å². The first kappa shape index (κ1) is 11.4. The molecule has 0 saturated carbocycles. The molecule has 1 aliphatic heterocycles. The van der Waals surface area contributed by atoms with Crippen LogP contribution in [0.3, 0.4) is 0 Å². The van der Waals surface area contributed by atoms with Gasteiger partial charge in [-0.15, -0.1) is 0 Å². The predicted octanol–water partition coefficient (Wildman–Crippen LogP) is -2.93. The number of amides is 3. The Hall–Kier alpha value is -1.63. The normalized spacial score (nSPS) is 19.5. The zero-order chi connectivity index (χ0) is 11.3. The summed E-state index contributed by atoms with van der Waals surface area (Å²) in [6.07, 6.45) is 0.218. The SMILES string of the molecule is NCCNC(=O)C(=O)NC1CNC(=O)C1. The summed E-state index contributed by atoms with van der Waals surface area (Å²) in [6, 6.07) is -0.298. The summed E-state index contributed by atoms with van der Waals surface area (Å²) in [5, 5.41) is 7.33. The number of nitrogens with two attached hydrogens (primary N) is 1. The maximum absolute atomic E-state index is 11.2. The second-order valence-electron chi connectivity index (χ2n) is 3.22. The van der Waals surface area contributed by atoms with Gasteiger partial charge in [0.2, 0.25) is 5.91 Å². The Morgan fingerprint density at radius 2 is 2.20 bits per heavy atom. The molecule has 1 saturated heterocycles. The third-order valence-electron chi connectivity index (χ3n) is 1.95. The lowest BCUT2D eigenvalue weighted by atomic mass is 10.2. The average Bonchev–Trinajstić information content (AvgIpc) is 2.60. The molecule has 1 atom stereocenters. The van der Waals surface area contributed by atoms with Gasteiger partial charge < -0.3 is 21.7 Å². The minimum Gasteiger partial charge on any atom is -0.354 e. The maximum atomic E-state index is 11.2. The van der Waals surface area contributed by atoms with Crippen LogP contribution in [0.4, 0.5) is 0 Å². The fourth-order valence-electron chi connectivity index (χ4n) is 1.22. The largest absolute Gasteiger partial charge is 0.354 e. The van der Waals surface area contributed by atoms with E-state index in [-0.39, 0.29) is 31.5 Å². The quantitative estimate of drug-likeness (QED) is 0.376. The average molecular weight is 214 g/mol. The maximum Gasteiger partial charge on any atom is 0.309 e. The van der Waals surface area contributed by atoms with E-state index >= 15 is 0 Å².